The first kappa shape index (κ1) is 33.9. The standard InChI is InChI=1S/C16H30O6.C8H18O3/c1-4-5-8-14(13(3)21-11-12(2)17)22-16(20)10-7-6-9-15(18)19;1-4-8(10)7(3)11-5-6(2)9/h12-14,17H,4-11H2,1-3H3,(H,18,19);6-10H,4-5H2,1-3H3. The zero-order valence-corrected chi connectivity index (χ0v) is 21.4. The first-order chi connectivity index (χ1) is 15.4. The molecule has 0 radical (unpaired) electrons. The van der Waals surface area contributed by atoms with Crippen molar-refractivity contribution >= 4 is 11.9 Å². The van der Waals surface area contributed by atoms with Gasteiger partial charge >= 0.3 is 11.9 Å². The minimum Gasteiger partial charge on any atom is -0.481 e. The number of rotatable bonds is 18. The van der Waals surface area contributed by atoms with E-state index in [2.05, 4.69) is 6.92 Å². The number of aliphatic hydroxyl groups excluding tert-OH is 3. The molecule has 6 atom stereocenters. The summed E-state index contributed by atoms with van der Waals surface area (Å²) in [5.74, 6) is -1.17. The fourth-order valence-electron chi connectivity index (χ4n) is 2.70. The Balaban J connectivity index is 0. The molecule has 0 heterocycles. The van der Waals surface area contributed by atoms with Crippen molar-refractivity contribution < 1.29 is 44.2 Å². The molecule has 0 aromatic rings. The van der Waals surface area contributed by atoms with Crippen LogP contribution in [0.4, 0.5) is 0 Å². The molecule has 0 amide bonds. The Morgan fingerprint density at radius 3 is 1.76 bits per heavy atom. The third-order valence-electron chi connectivity index (χ3n) is 4.83. The van der Waals surface area contributed by atoms with Crippen LogP contribution in [0.5, 0.6) is 0 Å². The second-order valence-corrected chi connectivity index (χ2v) is 8.52. The molecule has 0 aliphatic carbocycles. The number of carbonyl (C=O) groups is 2. The summed E-state index contributed by atoms with van der Waals surface area (Å²) >= 11 is 0. The van der Waals surface area contributed by atoms with Gasteiger partial charge in [-0.25, -0.2) is 0 Å². The number of aliphatic hydroxyl groups is 3. The monoisotopic (exact) mass is 480 g/mol. The largest absolute Gasteiger partial charge is 0.481 e. The van der Waals surface area contributed by atoms with Crippen LogP contribution in [0.25, 0.3) is 0 Å². The highest BCUT2D eigenvalue weighted by atomic mass is 16.6. The molecular weight excluding hydrogens is 432 g/mol. The summed E-state index contributed by atoms with van der Waals surface area (Å²) in [5.41, 5.74) is 0. The number of unbranched alkanes of at least 4 members (excludes halogenated alkanes) is 2. The van der Waals surface area contributed by atoms with Crippen molar-refractivity contribution in [3.05, 3.63) is 0 Å². The van der Waals surface area contributed by atoms with E-state index in [-0.39, 0.29) is 50.3 Å². The maximum atomic E-state index is 11.8. The highest BCUT2D eigenvalue weighted by Gasteiger charge is 2.22. The summed E-state index contributed by atoms with van der Waals surface area (Å²) in [6.07, 6.45) is 2.38. The SMILES string of the molecule is CCC(O)C(C)OCC(C)O.CCCCC(OC(=O)CCCCC(=O)O)C(C)OCC(C)O. The lowest BCUT2D eigenvalue weighted by atomic mass is 10.1. The highest BCUT2D eigenvalue weighted by Crippen LogP contribution is 2.14. The third kappa shape index (κ3) is 22.3. The second kappa shape index (κ2) is 21.3. The van der Waals surface area contributed by atoms with Gasteiger partial charge in [-0.3, -0.25) is 9.59 Å². The molecule has 0 saturated heterocycles. The molecule has 9 heteroatoms. The molecule has 9 nitrogen and oxygen atoms in total. The van der Waals surface area contributed by atoms with Crippen LogP contribution < -0.4 is 0 Å². The first-order valence-corrected chi connectivity index (χ1v) is 12.1. The zero-order valence-electron chi connectivity index (χ0n) is 21.4. The van der Waals surface area contributed by atoms with Crippen molar-refractivity contribution in [2.45, 2.75) is 130 Å². The normalized spacial score (nSPS) is 16.5. The van der Waals surface area contributed by atoms with Crippen LogP contribution >= 0.6 is 0 Å². The quantitative estimate of drug-likeness (QED) is 0.172. The Hall–Kier alpha value is -1.26. The lowest BCUT2D eigenvalue weighted by Gasteiger charge is -2.25. The van der Waals surface area contributed by atoms with Crippen LogP contribution in [-0.2, 0) is 23.8 Å². The zero-order chi connectivity index (χ0) is 25.8. The predicted molar refractivity (Wildman–Crippen MR) is 126 cm³/mol. The molecule has 6 unspecified atom stereocenters. The maximum Gasteiger partial charge on any atom is 0.306 e. The summed E-state index contributed by atoms with van der Waals surface area (Å²) in [4.78, 5) is 22.2. The fraction of sp³-hybridized carbons (Fsp3) is 0.917. The van der Waals surface area contributed by atoms with E-state index in [0.717, 1.165) is 19.3 Å². The van der Waals surface area contributed by atoms with Crippen molar-refractivity contribution in [3.63, 3.8) is 0 Å². The third-order valence-corrected chi connectivity index (χ3v) is 4.83. The topological polar surface area (TPSA) is 143 Å². The van der Waals surface area contributed by atoms with Crippen molar-refractivity contribution in [1.29, 1.82) is 0 Å². The molecule has 0 aliphatic heterocycles. The Labute approximate surface area is 199 Å². The molecule has 0 saturated carbocycles. The lowest BCUT2D eigenvalue weighted by molar-refractivity contribution is -0.159. The van der Waals surface area contributed by atoms with E-state index in [0.29, 0.717) is 19.3 Å². The molecule has 0 fully saturated rings. The number of hydrogen-bond donors (Lipinski definition) is 4. The minimum absolute atomic E-state index is 0.0699. The van der Waals surface area contributed by atoms with Gasteiger partial charge in [0, 0.05) is 12.8 Å². The van der Waals surface area contributed by atoms with E-state index in [1.54, 1.807) is 20.8 Å². The van der Waals surface area contributed by atoms with E-state index in [4.69, 9.17) is 24.4 Å². The van der Waals surface area contributed by atoms with Gasteiger partial charge in [-0.05, 0) is 59.8 Å². The van der Waals surface area contributed by atoms with Crippen LogP contribution in [0.15, 0.2) is 0 Å². The maximum absolute atomic E-state index is 11.8. The predicted octanol–water partition coefficient (Wildman–Crippen LogP) is 3.06. The highest BCUT2D eigenvalue weighted by molar-refractivity contribution is 5.70. The van der Waals surface area contributed by atoms with Crippen LogP contribution in [0.3, 0.4) is 0 Å². The van der Waals surface area contributed by atoms with Gasteiger partial charge in [-0.2, -0.15) is 0 Å². The Morgan fingerprint density at radius 1 is 0.788 bits per heavy atom. The van der Waals surface area contributed by atoms with Crippen LogP contribution in [0, 0.1) is 0 Å². The number of aliphatic carboxylic acids is 1. The van der Waals surface area contributed by atoms with E-state index in [9.17, 15) is 19.8 Å². The van der Waals surface area contributed by atoms with Gasteiger partial charge in [0.25, 0.3) is 0 Å². The van der Waals surface area contributed by atoms with Crippen molar-refractivity contribution in [2.24, 2.45) is 0 Å². The lowest BCUT2D eigenvalue weighted by Crippen LogP contribution is -2.33. The van der Waals surface area contributed by atoms with E-state index in [1.165, 1.54) is 0 Å². The molecule has 33 heavy (non-hydrogen) atoms. The smallest absolute Gasteiger partial charge is 0.306 e. The Bertz CT molecular complexity index is 483. The number of esters is 1. The summed E-state index contributed by atoms with van der Waals surface area (Å²) in [6, 6.07) is 0. The summed E-state index contributed by atoms with van der Waals surface area (Å²) in [7, 11) is 0. The van der Waals surface area contributed by atoms with E-state index >= 15 is 0 Å². The van der Waals surface area contributed by atoms with Gasteiger partial charge in [0.1, 0.15) is 6.10 Å². The number of carboxylic acids is 1. The molecule has 198 valence electrons. The van der Waals surface area contributed by atoms with Crippen molar-refractivity contribution in [2.75, 3.05) is 13.2 Å². The molecule has 0 bridgehead atoms. The number of carboxylic acid groups (broad SMARTS) is 1. The van der Waals surface area contributed by atoms with Gasteiger partial charge in [0.15, 0.2) is 0 Å². The van der Waals surface area contributed by atoms with Gasteiger partial charge < -0.3 is 34.6 Å². The van der Waals surface area contributed by atoms with Crippen molar-refractivity contribution in [1.82, 2.24) is 0 Å². The molecule has 0 aliphatic rings. The molecule has 0 rings (SSSR count). The Kier molecular flexibility index (Phi) is 21.9. The summed E-state index contributed by atoms with van der Waals surface area (Å²) in [5, 5.41) is 35.9. The van der Waals surface area contributed by atoms with Gasteiger partial charge in [0.2, 0.25) is 0 Å². The molecule has 4 N–H and O–H groups in total. The average molecular weight is 481 g/mol. The average Bonchev–Trinajstić information content (AvgIpc) is 2.75. The molecule has 0 aromatic heterocycles. The number of ether oxygens (including phenoxy) is 3. The summed E-state index contributed by atoms with van der Waals surface area (Å²) in [6.45, 7) is 11.4. The molecule has 0 spiro atoms. The van der Waals surface area contributed by atoms with Crippen LogP contribution in [0.1, 0.15) is 92.9 Å². The van der Waals surface area contributed by atoms with E-state index < -0.39 is 24.3 Å². The molecule has 0 aromatic carbocycles. The van der Waals surface area contributed by atoms with E-state index in [1.807, 2.05) is 13.8 Å². The van der Waals surface area contributed by atoms with Crippen molar-refractivity contribution in [3.8, 4) is 0 Å². The first-order valence-electron chi connectivity index (χ1n) is 12.1. The summed E-state index contributed by atoms with van der Waals surface area (Å²) < 4.78 is 16.1. The van der Waals surface area contributed by atoms with Crippen LogP contribution in [-0.4, -0.2) is 82.2 Å². The van der Waals surface area contributed by atoms with Gasteiger partial charge in [0.05, 0.1) is 43.7 Å². The van der Waals surface area contributed by atoms with Crippen LogP contribution in [0.2, 0.25) is 0 Å². The van der Waals surface area contributed by atoms with Gasteiger partial charge in [-0.1, -0.05) is 20.3 Å². The molecular formula is C24H48O9. The Morgan fingerprint density at radius 2 is 1.30 bits per heavy atom. The second-order valence-electron chi connectivity index (χ2n) is 8.52. The number of carbonyl (C=O) groups excluding carboxylic acids is 1. The minimum atomic E-state index is -0.852. The van der Waals surface area contributed by atoms with Gasteiger partial charge in [-0.15, -0.1) is 0 Å². The number of hydrogen-bond acceptors (Lipinski definition) is 8. The fourth-order valence-corrected chi connectivity index (χ4v) is 2.70.